The molecule has 4 atom stereocenters. The van der Waals surface area contributed by atoms with Crippen molar-refractivity contribution < 1.29 is 24.5 Å². The number of aryl methyl sites for hydroxylation is 1. The van der Waals surface area contributed by atoms with Gasteiger partial charge in [0.1, 0.15) is 0 Å². The van der Waals surface area contributed by atoms with Crippen molar-refractivity contribution in [3.05, 3.63) is 48.3 Å². The van der Waals surface area contributed by atoms with E-state index < -0.39 is 17.3 Å². The maximum absolute atomic E-state index is 14.1. The highest BCUT2D eigenvalue weighted by atomic mass is 16.5. The van der Waals surface area contributed by atoms with Gasteiger partial charge in [0, 0.05) is 68.4 Å². The summed E-state index contributed by atoms with van der Waals surface area (Å²) in [5.41, 5.74) is 0.518. The number of hydrogen-bond donors (Lipinski definition) is 2. The second kappa shape index (κ2) is 9.34. The number of β-lactam (4-membered cyclic amide) rings is 1. The Morgan fingerprint density at radius 1 is 1.32 bits per heavy atom. The zero-order chi connectivity index (χ0) is 26.5. The summed E-state index contributed by atoms with van der Waals surface area (Å²) >= 11 is 0. The molecular formula is C27H35N5O5. The Bertz CT molecular complexity index is 1220. The van der Waals surface area contributed by atoms with Gasteiger partial charge in [-0.15, -0.1) is 11.7 Å². The van der Waals surface area contributed by atoms with Crippen LogP contribution in [0.4, 0.5) is 11.4 Å². The summed E-state index contributed by atoms with van der Waals surface area (Å²) in [7, 11) is 0. The Balaban J connectivity index is 1.53. The minimum absolute atomic E-state index is 0.00101. The molecule has 0 radical (unpaired) electrons. The smallest absolute Gasteiger partial charge is 0.264 e. The van der Waals surface area contributed by atoms with Gasteiger partial charge in [-0.2, -0.15) is 0 Å². The molecule has 198 valence electrons. The van der Waals surface area contributed by atoms with Gasteiger partial charge >= 0.3 is 0 Å². The first kappa shape index (κ1) is 25.6. The van der Waals surface area contributed by atoms with Crippen LogP contribution in [-0.2, 0) is 32.9 Å². The number of hydrogen-bond acceptors (Lipinski definition) is 7. The van der Waals surface area contributed by atoms with Gasteiger partial charge in [-0.3, -0.25) is 14.3 Å². The minimum atomic E-state index is -1.29. The average Bonchev–Trinajstić information content (AvgIpc) is 3.47. The molecule has 0 saturated carbocycles. The number of rotatable bonds is 9. The van der Waals surface area contributed by atoms with Gasteiger partial charge in [-0.1, -0.05) is 18.2 Å². The number of anilines is 2. The highest BCUT2D eigenvalue weighted by molar-refractivity contribution is 6.09. The Kier molecular flexibility index (Phi) is 6.45. The van der Waals surface area contributed by atoms with Crippen molar-refractivity contribution in [1.82, 2.24) is 15.0 Å². The van der Waals surface area contributed by atoms with Gasteiger partial charge in [0.2, 0.25) is 5.91 Å². The zero-order valence-corrected chi connectivity index (χ0v) is 21.6. The van der Waals surface area contributed by atoms with E-state index in [1.54, 1.807) is 40.6 Å². The topological polar surface area (TPSA) is 121 Å². The van der Waals surface area contributed by atoms with E-state index in [-0.39, 0.29) is 30.3 Å². The molecule has 3 aliphatic heterocycles. The van der Waals surface area contributed by atoms with Gasteiger partial charge in [-0.05, 0) is 38.5 Å². The first-order valence-electron chi connectivity index (χ1n) is 12.9. The fourth-order valence-electron chi connectivity index (χ4n) is 6.34. The SMILES string of the molecule is C=CCN1C(=O)[C@]2(O[C@H](CCn3cc(CCO)nn3)[C@@H](C(C)(C)O)[C@@H]2C)c2cc(N3CCC3=O)ccc21. The van der Waals surface area contributed by atoms with Crippen LogP contribution in [0.3, 0.4) is 0 Å². The van der Waals surface area contributed by atoms with E-state index >= 15 is 0 Å². The van der Waals surface area contributed by atoms with Crippen LogP contribution in [0.5, 0.6) is 0 Å². The molecule has 0 bridgehead atoms. The zero-order valence-electron chi connectivity index (χ0n) is 21.6. The van der Waals surface area contributed by atoms with E-state index in [0.717, 1.165) is 16.9 Å². The first-order valence-corrected chi connectivity index (χ1v) is 12.9. The third-order valence-electron chi connectivity index (χ3n) is 8.04. The molecule has 1 aromatic carbocycles. The molecule has 0 unspecified atom stereocenters. The van der Waals surface area contributed by atoms with E-state index in [0.29, 0.717) is 44.6 Å². The van der Waals surface area contributed by atoms with Crippen molar-refractivity contribution in [2.45, 2.75) is 63.9 Å². The van der Waals surface area contributed by atoms with Crippen LogP contribution < -0.4 is 9.80 Å². The Labute approximate surface area is 216 Å². The minimum Gasteiger partial charge on any atom is -0.396 e. The molecule has 1 spiro atoms. The molecule has 2 saturated heterocycles. The number of nitrogens with zero attached hydrogens (tertiary/aromatic N) is 5. The summed E-state index contributed by atoms with van der Waals surface area (Å²) in [4.78, 5) is 29.7. The highest BCUT2D eigenvalue weighted by Gasteiger charge is 2.65. The van der Waals surface area contributed by atoms with Crippen molar-refractivity contribution in [1.29, 1.82) is 0 Å². The normalized spacial score (nSPS) is 27.2. The highest BCUT2D eigenvalue weighted by Crippen LogP contribution is 2.58. The maximum Gasteiger partial charge on any atom is 0.264 e. The molecule has 4 heterocycles. The number of fused-ring (bicyclic) bond motifs is 2. The van der Waals surface area contributed by atoms with Crippen molar-refractivity contribution in [2.75, 3.05) is 29.5 Å². The number of carbonyl (C=O) groups is 2. The second-order valence-electron chi connectivity index (χ2n) is 10.8. The molecule has 10 heteroatoms. The third kappa shape index (κ3) is 4.07. The van der Waals surface area contributed by atoms with Crippen molar-refractivity contribution in [3.63, 3.8) is 0 Å². The number of amides is 2. The molecule has 3 aliphatic rings. The predicted octanol–water partition coefficient (Wildman–Crippen LogP) is 1.79. The van der Waals surface area contributed by atoms with Crippen LogP contribution >= 0.6 is 0 Å². The lowest BCUT2D eigenvalue weighted by molar-refractivity contribution is -0.146. The standard InChI is InChI=1S/C27H35N5O5/c1-5-11-32-21-7-6-19(31-13-9-23(31)34)15-20(21)27(25(32)35)17(2)24(26(3,4)36)22(37-27)8-12-30-16-18(10-14-33)28-29-30/h5-7,15-17,22,24,33,36H,1,8-14H2,2-4H3/t17-,22+,24-,27+/m0/s1. The molecule has 2 amide bonds. The van der Waals surface area contributed by atoms with Crippen LogP contribution in [0.25, 0.3) is 0 Å². The average molecular weight is 510 g/mol. The Morgan fingerprint density at radius 2 is 2.11 bits per heavy atom. The van der Waals surface area contributed by atoms with E-state index in [1.807, 2.05) is 25.1 Å². The van der Waals surface area contributed by atoms with Crippen LogP contribution in [0, 0.1) is 11.8 Å². The van der Waals surface area contributed by atoms with Crippen molar-refractivity contribution in [3.8, 4) is 0 Å². The predicted molar refractivity (Wildman–Crippen MR) is 137 cm³/mol. The molecule has 2 aromatic rings. The summed E-state index contributed by atoms with van der Waals surface area (Å²) in [5.74, 6) is -0.809. The number of carbonyl (C=O) groups excluding carboxylic acids is 2. The number of aliphatic hydroxyl groups excluding tert-OH is 1. The summed E-state index contributed by atoms with van der Waals surface area (Å²) in [5, 5.41) is 28.7. The lowest BCUT2D eigenvalue weighted by Gasteiger charge is -2.34. The quantitative estimate of drug-likeness (QED) is 0.391. The van der Waals surface area contributed by atoms with Gasteiger partial charge in [0.05, 0.1) is 23.1 Å². The summed E-state index contributed by atoms with van der Waals surface area (Å²) in [6.07, 6.45) is 4.50. The van der Waals surface area contributed by atoms with E-state index in [4.69, 9.17) is 9.84 Å². The molecule has 2 fully saturated rings. The number of ether oxygens (including phenoxy) is 1. The fraction of sp³-hybridized carbons (Fsp3) is 0.556. The van der Waals surface area contributed by atoms with E-state index in [9.17, 15) is 14.7 Å². The number of aromatic nitrogens is 3. The van der Waals surface area contributed by atoms with Gasteiger partial charge in [-0.25, -0.2) is 0 Å². The molecule has 37 heavy (non-hydrogen) atoms. The largest absolute Gasteiger partial charge is 0.396 e. The van der Waals surface area contributed by atoms with E-state index in [1.165, 1.54) is 0 Å². The molecule has 5 rings (SSSR count). The Hall–Kier alpha value is -3.08. The third-order valence-corrected chi connectivity index (χ3v) is 8.04. The van der Waals surface area contributed by atoms with Crippen LogP contribution in [0.15, 0.2) is 37.1 Å². The molecule has 1 aromatic heterocycles. The van der Waals surface area contributed by atoms with Gasteiger partial charge in [0.25, 0.3) is 5.91 Å². The lowest BCUT2D eigenvalue weighted by Crippen LogP contribution is -2.46. The Morgan fingerprint density at radius 3 is 2.73 bits per heavy atom. The van der Waals surface area contributed by atoms with Crippen molar-refractivity contribution in [2.24, 2.45) is 11.8 Å². The molecule has 10 nitrogen and oxygen atoms in total. The molecular weight excluding hydrogens is 474 g/mol. The van der Waals surface area contributed by atoms with Gasteiger partial charge < -0.3 is 24.7 Å². The fourth-order valence-corrected chi connectivity index (χ4v) is 6.34. The molecule has 0 aliphatic carbocycles. The summed E-state index contributed by atoms with van der Waals surface area (Å²) in [6, 6.07) is 5.66. The van der Waals surface area contributed by atoms with Crippen molar-refractivity contribution >= 4 is 23.2 Å². The number of aliphatic hydroxyl groups is 2. The van der Waals surface area contributed by atoms with Crippen LogP contribution in [0.2, 0.25) is 0 Å². The number of benzene rings is 1. The monoisotopic (exact) mass is 509 g/mol. The summed E-state index contributed by atoms with van der Waals surface area (Å²) in [6.45, 7) is 10.8. The van der Waals surface area contributed by atoms with Crippen LogP contribution in [0.1, 0.15) is 44.9 Å². The second-order valence-corrected chi connectivity index (χ2v) is 10.8. The summed E-state index contributed by atoms with van der Waals surface area (Å²) < 4.78 is 8.48. The van der Waals surface area contributed by atoms with Crippen LogP contribution in [-0.4, -0.2) is 68.4 Å². The molecule has 2 N–H and O–H groups in total. The lowest BCUT2D eigenvalue weighted by atomic mass is 9.70. The van der Waals surface area contributed by atoms with Gasteiger partial charge in [0.15, 0.2) is 5.60 Å². The van der Waals surface area contributed by atoms with E-state index in [2.05, 4.69) is 16.9 Å². The first-order chi connectivity index (χ1) is 17.6. The maximum atomic E-state index is 14.1.